The Kier molecular flexibility index (Phi) is 4.10. The molecule has 2 N–H and O–H groups in total. The standard InChI is InChI=1S/C17H13Cl2NO2/c18-12-2-1-3-13(19)17(12)15-9-11-8-10(5-7-16(21)22)4-6-14(11)20-15/h1-4,6,8-9,20H,5,7H2,(H,21,22). The van der Waals surface area contributed by atoms with Crippen molar-refractivity contribution < 1.29 is 9.90 Å². The second-order valence-electron chi connectivity index (χ2n) is 5.10. The Morgan fingerprint density at radius 1 is 1.09 bits per heavy atom. The van der Waals surface area contributed by atoms with Crippen molar-refractivity contribution in [2.75, 3.05) is 0 Å². The normalized spacial score (nSPS) is 11.0. The van der Waals surface area contributed by atoms with E-state index in [0.717, 1.165) is 27.7 Å². The lowest BCUT2D eigenvalue weighted by atomic mass is 10.1. The van der Waals surface area contributed by atoms with E-state index in [1.807, 2.05) is 24.3 Å². The van der Waals surface area contributed by atoms with Gasteiger partial charge in [-0.2, -0.15) is 0 Å². The van der Waals surface area contributed by atoms with Crippen LogP contribution in [-0.4, -0.2) is 16.1 Å². The molecule has 0 amide bonds. The molecule has 22 heavy (non-hydrogen) atoms. The molecule has 3 aromatic rings. The SMILES string of the molecule is O=C(O)CCc1ccc2[nH]c(-c3c(Cl)cccc3Cl)cc2c1. The third-order valence-electron chi connectivity index (χ3n) is 3.54. The van der Waals surface area contributed by atoms with E-state index in [0.29, 0.717) is 16.5 Å². The maximum atomic E-state index is 10.7. The average molecular weight is 334 g/mol. The lowest BCUT2D eigenvalue weighted by Gasteiger charge is -2.03. The summed E-state index contributed by atoms with van der Waals surface area (Å²) in [4.78, 5) is 14.0. The van der Waals surface area contributed by atoms with Crippen LogP contribution in [0.4, 0.5) is 0 Å². The van der Waals surface area contributed by atoms with Crippen LogP contribution in [0.2, 0.25) is 10.0 Å². The van der Waals surface area contributed by atoms with Gasteiger partial charge < -0.3 is 10.1 Å². The van der Waals surface area contributed by atoms with Gasteiger partial charge in [0.2, 0.25) is 0 Å². The Morgan fingerprint density at radius 2 is 1.82 bits per heavy atom. The van der Waals surface area contributed by atoms with Gasteiger partial charge in [-0.05, 0) is 42.3 Å². The van der Waals surface area contributed by atoms with Gasteiger partial charge in [0.05, 0.1) is 10.0 Å². The van der Waals surface area contributed by atoms with Crippen molar-refractivity contribution in [1.29, 1.82) is 0 Å². The summed E-state index contributed by atoms with van der Waals surface area (Å²) < 4.78 is 0. The number of carbonyl (C=O) groups is 1. The lowest BCUT2D eigenvalue weighted by molar-refractivity contribution is -0.136. The highest BCUT2D eigenvalue weighted by Gasteiger charge is 2.11. The van der Waals surface area contributed by atoms with Crippen molar-refractivity contribution in [2.24, 2.45) is 0 Å². The van der Waals surface area contributed by atoms with Crippen LogP contribution in [0.15, 0.2) is 42.5 Å². The van der Waals surface area contributed by atoms with E-state index >= 15 is 0 Å². The predicted molar refractivity (Wildman–Crippen MR) is 89.7 cm³/mol. The number of nitrogens with one attached hydrogen (secondary N) is 1. The van der Waals surface area contributed by atoms with Gasteiger partial charge in [0.1, 0.15) is 0 Å². The molecule has 5 heteroatoms. The van der Waals surface area contributed by atoms with Gasteiger partial charge in [-0.15, -0.1) is 0 Å². The molecule has 0 saturated heterocycles. The van der Waals surface area contributed by atoms with Crippen molar-refractivity contribution in [3.05, 3.63) is 58.1 Å². The van der Waals surface area contributed by atoms with Gasteiger partial charge in [0.25, 0.3) is 0 Å². The number of hydrogen-bond donors (Lipinski definition) is 2. The minimum absolute atomic E-state index is 0.124. The Labute approximate surface area is 137 Å². The number of aliphatic carboxylic acids is 1. The average Bonchev–Trinajstić information content (AvgIpc) is 2.87. The minimum atomic E-state index is -0.794. The first-order chi connectivity index (χ1) is 10.5. The van der Waals surface area contributed by atoms with E-state index in [1.165, 1.54) is 0 Å². The third-order valence-corrected chi connectivity index (χ3v) is 4.17. The van der Waals surface area contributed by atoms with Gasteiger partial charge in [-0.3, -0.25) is 4.79 Å². The maximum Gasteiger partial charge on any atom is 0.303 e. The molecule has 0 spiro atoms. The van der Waals surface area contributed by atoms with E-state index in [-0.39, 0.29) is 6.42 Å². The number of hydrogen-bond acceptors (Lipinski definition) is 1. The van der Waals surface area contributed by atoms with Crippen molar-refractivity contribution in [3.8, 4) is 11.3 Å². The molecule has 3 rings (SSSR count). The van der Waals surface area contributed by atoms with Crippen molar-refractivity contribution in [1.82, 2.24) is 4.98 Å². The predicted octanol–water partition coefficient (Wildman–Crippen LogP) is 5.16. The van der Waals surface area contributed by atoms with Gasteiger partial charge in [0.15, 0.2) is 0 Å². The third kappa shape index (κ3) is 2.96. The number of aromatic nitrogens is 1. The van der Waals surface area contributed by atoms with Crippen molar-refractivity contribution in [3.63, 3.8) is 0 Å². The molecule has 1 aromatic heterocycles. The van der Waals surface area contributed by atoms with Gasteiger partial charge >= 0.3 is 5.97 Å². The fourth-order valence-corrected chi connectivity index (χ4v) is 3.08. The van der Waals surface area contributed by atoms with E-state index in [2.05, 4.69) is 4.98 Å². The zero-order valence-electron chi connectivity index (χ0n) is 11.6. The summed E-state index contributed by atoms with van der Waals surface area (Å²) in [5.41, 5.74) is 3.57. The number of carboxylic acids is 1. The Morgan fingerprint density at radius 3 is 2.50 bits per heavy atom. The highest BCUT2D eigenvalue weighted by Crippen LogP contribution is 2.35. The monoisotopic (exact) mass is 333 g/mol. The lowest BCUT2D eigenvalue weighted by Crippen LogP contribution is -1.96. The van der Waals surface area contributed by atoms with Crippen molar-refractivity contribution in [2.45, 2.75) is 12.8 Å². The summed E-state index contributed by atoms with van der Waals surface area (Å²) >= 11 is 12.5. The first kappa shape index (κ1) is 14.9. The summed E-state index contributed by atoms with van der Waals surface area (Å²) in [5, 5.41) is 11.0. The summed E-state index contributed by atoms with van der Waals surface area (Å²) in [7, 11) is 0. The van der Waals surface area contributed by atoms with E-state index < -0.39 is 5.97 Å². The van der Waals surface area contributed by atoms with Gasteiger partial charge in [-0.25, -0.2) is 0 Å². The number of fused-ring (bicyclic) bond motifs is 1. The molecule has 0 atom stereocenters. The number of aryl methyl sites for hydroxylation is 1. The Hall–Kier alpha value is -1.97. The molecule has 0 aliphatic carbocycles. The van der Waals surface area contributed by atoms with Crippen LogP contribution >= 0.6 is 23.2 Å². The van der Waals surface area contributed by atoms with E-state index in [9.17, 15) is 4.79 Å². The zero-order chi connectivity index (χ0) is 15.7. The van der Waals surface area contributed by atoms with Crippen LogP contribution in [0.25, 0.3) is 22.2 Å². The second kappa shape index (κ2) is 6.03. The minimum Gasteiger partial charge on any atom is -0.481 e. The molecule has 3 nitrogen and oxygen atoms in total. The molecule has 0 fully saturated rings. The van der Waals surface area contributed by atoms with Crippen LogP contribution in [-0.2, 0) is 11.2 Å². The number of carboxylic acid groups (broad SMARTS) is 1. The largest absolute Gasteiger partial charge is 0.481 e. The topological polar surface area (TPSA) is 53.1 Å². The molecular weight excluding hydrogens is 321 g/mol. The number of H-pyrrole nitrogens is 1. The van der Waals surface area contributed by atoms with Crippen LogP contribution in [0.5, 0.6) is 0 Å². The number of rotatable bonds is 4. The number of halogens is 2. The molecule has 1 heterocycles. The fourth-order valence-electron chi connectivity index (χ4n) is 2.48. The van der Waals surface area contributed by atoms with E-state index in [1.54, 1.807) is 18.2 Å². The summed E-state index contributed by atoms with van der Waals surface area (Å²) in [6, 6.07) is 13.2. The van der Waals surface area contributed by atoms with Crippen LogP contribution < -0.4 is 0 Å². The molecular formula is C17H13Cl2NO2. The van der Waals surface area contributed by atoms with Gasteiger partial charge in [0, 0.05) is 28.6 Å². The molecule has 0 aliphatic rings. The van der Waals surface area contributed by atoms with Crippen LogP contribution in [0.3, 0.4) is 0 Å². The number of aromatic amines is 1. The molecule has 112 valence electrons. The molecule has 0 saturated carbocycles. The van der Waals surface area contributed by atoms with E-state index in [4.69, 9.17) is 28.3 Å². The van der Waals surface area contributed by atoms with Crippen LogP contribution in [0.1, 0.15) is 12.0 Å². The summed E-state index contributed by atoms with van der Waals surface area (Å²) in [6.07, 6.45) is 0.637. The van der Waals surface area contributed by atoms with Crippen molar-refractivity contribution >= 4 is 40.1 Å². The molecule has 2 aromatic carbocycles. The fraction of sp³-hybridized carbons (Fsp3) is 0.118. The number of benzene rings is 2. The highest BCUT2D eigenvalue weighted by molar-refractivity contribution is 6.39. The first-order valence-electron chi connectivity index (χ1n) is 6.82. The quantitative estimate of drug-likeness (QED) is 0.692. The zero-order valence-corrected chi connectivity index (χ0v) is 13.1. The smallest absolute Gasteiger partial charge is 0.303 e. The highest BCUT2D eigenvalue weighted by atomic mass is 35.5. The first-order valence-corrected chi connectivity index (χ1v) is 7.58. The molecule has 0 aliphatic heterocycles. The Bertz CT molecular complexity index is 835. The van der Waals surface area contributed by atoms with Gasteiger partial charge in [-0.1, -0.05) is 35.3 Å². The summed E-state index contributed by atoms with van der Waals surface area (Å²) in [5.74, 6) is -0.794. The maximum absolute atomic E-state index is 10.7. The molecule has 0 bridgehead atoms. The Balaban J connectivity index is 2.01. The second-order valence-corrected chi connectivity index (χ2v) is 5.91. The molecule has 0 unspecified atom stereocenters. The summed E-state index contributed by atoms with van der Waals surface area (Å²) in [6.45, 7) is 0. The molecule has 0 radical (unpaired) electrons. The van der Waals surface area contributed by atoms with Crippen LogP contribution in [0, 0.1) is 0 Å².